The van der Waals surface area contributed by atoms with Crippen LogP contribution in [0.1, 0.15) is 32.8 Å². The number of aliphatic carboxylic acids is 1. The quantitative estimate of drug-likeness (QED) is 0.860. The van der Waals surface area contributed by atoms with E-state index in [9.17, 15) is 9.18 Å². The molecule has 1 unspecified atom stereocenters. The lowest BCUT2D eigenvalue weighted by Gasteiger charge is -2.41. The number of halogens is 1. The highest BCUT2D eigenvalue weighted by atomic mass is 19.1. The first-order valence-corrected chi connectivity index (χ1v) is 5.97. The second-order valence-electron chi connectivity index (χ2n) is 5.44. The van der Waals surface area contributed by atoms with Gasteiger partial charge in [-0.05, 0) is 26.0 Å². The summed E-state index contributed by atoms with van der Waals surface area (Å²) >= 11 is 0. The molecule has 3 N–H and O–H groups in total. The van der Waals surface area contributed by atoms with Crippen molar-refractivity contribution in [2.45, 2.75) is 38.1 Å². The molecule has 0 fully saturated rings. The summed E-state index contributed by atoms with van der Waals surface area (Å²) in [6, 6.07) is 4.40. The Hall–Kier alpha value is -1.62. The highest BCUT2D eigenvalue weighted by molar-refractivity contribution is 5.70. The molecule has 0 aromatic heterocycles. The van der Waals surface area contributed by atoms with Gasteiger partial charge in [0.1, 0.15) is 11.6 Å². The lowest BCUT2D eigenvalue weighted by atomic mass is 9.66. The van der Waals surface area contributed by atoms with E-state index in [2.05, 4.69) is 0 Å². The summed E-state index contributed by atoms with van der Waals surface area (Å²) in [6.45, 7) is 5.01. The predicted molar refractivity (Wildman–Crippen MR) is 70.8 cm³/mol. The van der Waals surface area contributed by atoms with E-state index >= 15 is 0 Å². The van der Waals surface area contributed by atoms with E-state index in [0.29, 0.717) is 5.75 Å². The van der Waals surface area contributed by atoms with Crippen molar-refractivity contribution in [3.05, 3.63) is 29.6 Å². The van der Waals surface area contributed by atoms with Crippen molar-refractivity contribution >= 4 is 5.97 Å². The normalized spacial score (nSPS) is 14.8. The Morgan fingerprint density at radius 3 is 2.42 bits per heavy atom. The summed E-state index contributed by atoms with van der Waals surface area (Å²) in [5.74, 6) is -1.24. The minimum Gasteiger partial charge on any atom is -0.496 e. The molecule has 19 heavy (non-hydrogen) atoms. The molecule has 0 radical (unpaired) electrons. The fourth-order valence-electron chi connectivity index (χ4n) is 2.15. The Bertz CT molecular complexity index is 482. The van der Waals surface area contributed by atoms with Crippen molar-refractivity contribution in [1.82, 2.24) is 0 Å². The zero-order valence-electron chi connectivity index (χ0n) is 11.7. The summed E-state index contributed by atoms with van der Waals surface area (Å²) < 4.78 is 19.3. The average molecular weight is 269 g/mol. The van der Waals surface area contributed by atoms with Crippen molar-refractivity contribution in [1.29, 1.82) is 0 Å². The molecular weight excluding hydrogens is 249 g/mol. The molecule has 0 aliphatic heterocycles. The Morgan fingerprint density at radius 2 is 2.00 bits per heavy atom. The van der Waals surface area contributed by atoms with Gasteiger partial charge in [0.2, 0.25) is 0 Å². The summed E-state index contributed by atoms with van der Waals surface area (Å²) in [5, 5.41) is 9.11. The standard InChI is InChI=1S/C14H20FNO3/c1-13(2,16)14(3,8-11(17)18)12-9(15)6-5-7-10(12)19-4/h5-7H,8,16H2,1-4H3,(H,17,18). The van der Waals surface area contributed by atoms with Crippen LogP contribution in [0.3, 0.4) is 0 Å². The highest BCUT2D eigenvalue weighted by Gasteiger charge is 2.45. The van der Waals surface area contributed by atoms with Crippen LogP contribution in [0.2, 0.25) is 0 Å². The zero-order chi connectivity index (χ0) is 14.8. The molecular formula is C14H20FNO3. The van der Waals surface area contributed by atoms with Gasteiger partial charge in [0.25, 0.3) is 0 Å². The van der Waals surface area contributed by atoms with E-state index in [1.54, 1.807) is 26.8 Å². The van der Waals surface area contributed by atoms with Gasteiger partial charge in [-0.1, -0.05) is 13.0 Å². The molecule has 0 aliphatic carbocycles. The minimum atomic E-state index is -1.09. The number of hydrogen-bond donors (Lipinski definition) is 2. The van der Waals surface area contributed by atoms with Crippen LogP contribution < -0.4 is 10.5 Å². The van der Waals surface area contributed by atoms with Gasteiger partial charge in [0.15, 0.2) is 0 Å². The molecule has 1 atom stereocenters. The maximum atomic E-state index is 14.2. The highest BCUT2D eigenvalue weighted by Crippen LogP contribution is 2.42. The molecule has 0 saturated heterocycles. The van der Waals surface area contributed by atoms with Crippen LogP contribution in [0.5, 0.6) is 5.75 Å². The number of methoxy groups -OCH3 is 1. The first-order valence-electron chi connectivity index (χ1n) is 5.97. The second-order valence-corrected chi connectivity index (χ2v) is 5.44. The number of hydrogen-bond acceptors (Lipinski definition) is 3. The lowest BCUT2D eigenvalue weighted by molar-refractivity contribution is -0.139. The van der Waals surface area contributed by atoms with E-state index in [1.165, 1.54) is 19.2 Å². The van der Waals surface area contributed by atoms with Crippen molar-refractivity contribution in [3.8, 4) is 5.75 Å². The fourth-order valence-corrected chi connectivity index (χ4v) is 2.15. The van der Waals surface area contributed by atoms with Crippen molar-refractivity contribution in [3.63, 3.8) is 0 Å². The molecule has 0 aliphatic rings. The first kappa shape index (κ1) is 15.4. The van der Waals surface area contributed by atoms with Crippen molar-refractivity contribution in [2.24, 2.45) is 5.73 Å². The molecule has 0 heterocycles. The van der Waals surface area contributed by atoms with Gasteiger partial charge in [0, 0.05) is 16.5 Å². The number of carboxylic acids is 1. The van der Waals surface area contributed by atoms with Crippen LogP contribution in [0.25, 0.3) is 0 Å². The minimum absolute atomic E-state index is 0.201. The Labute approximate surface area is 112 Å². The van der Waals surface area contributed by atoms with Gasteiger partial charge in [-0.2, -0.15) is 0 Å². The smallest absolute Gasteiger partial charge is 0.304 e. The number of carbonyl (C=O) groups is 1. The van der Waals surface area contributed by atoms with Crippen LogP contribution in [-0.2, 0) is 10.2 Å². The molecule has 0 amide bonds. The van der Waals surface area contributed by atoms with Crippen LogP contribution in [0.15, 0.2) is 18.2 Å². The number of carboxylic acid groups (broad SMARTS) is 1. The largest absolute Gasteiger partial charge is 0.496 e. The third-order valence-electron chi connectivity index (χ3n) is 3.67. The van der Waals surface area contributed by atoms with Gasteiger partial charge in [-0.3, -0.25) is 4.79 Å². The monoisotopic (exact) mass is 269 g/mol. The first-order chi connectivity index (χ1) is 8.63. The number of nitrogens with two attached hydrogens (primary N) is 1. The molecule has 0 saturated carbocycles. The number of ether oxygens (including phenoxy) is 1. The molecule has 5 heteroatoms. The molecule has 4 nitrogen and oxygen atoms in total. The SMILES string of the molecule is COc1cccc(F)c1C(C)(CC(=O)O)C(C)(C)N. The maximum absolute atomic E-state index is 14.2. The van der Waals surface area contributed by atoms with Gasteiger partial charge in [-0.15, -0.1) is 0 Å². The molecule has 0 spiro atoms. The lowest BCUT2D eigenvalue weighted by Crippen LogP contribution is -2.53. The maximum Gasteiger partial charge on any atom is 0.304 e. The number of rotatable bonds is 5. The van der Waals surface area contributed by atoms with Crippen LogP contribution in [-0.4, -0.2) is 23.7 Å². The summed E-state index contributed by atoms with van der Waals surface area (Å²) in [7, 11) is 1.42. The van der Waals surface area contributed by atoms with Crippen LogP contribution in [0, 0.1) is 5.82 Å². The Morgan fingerprint density at radius 1 is 1.42 bits per heavy atom. The van der Waals surface area contributed by atoms with Crippen LogP contribution >= 0.6 is 0 Å². The molecule has 0 bridgehead atoms. The second kappa shape index (κ2) is 5.17. The van der Waals surface area contributed by atoms with Gasteiger partial charge >= 0.3 is 5.97 Å². The summed E-state index contributed by atoms with van der Waals surface area (Å²) in [6.07, 6.45) is -0.284. The zero-order valence-corrected chi connectivity index (χ0v) is 11.7. The van der Waals surface area contributed by atoms with Crippen molar-refractivity contribution in [2.75, 3.05) is 7.11 Å². The predicted octanol–water partition coefficient (Wildman–Crippen LogP) is 2.30. The third kappa shape index (κ3) is 2.87. The average Bonchev–Trinajstić information content (AvgIpc) is 2.25. The molecule has 1 rings (SSSR count). The van der Waals surface area contributed by atoms with Crippen LogP contribution in [0.4, 0.5) is 4.39 Å². The topological polar surface area (TPSA) is 72.5 Å². The van der Waals surface area contributed by atoms with Gasteiger partial charge in [0.05, 0.1) is 13.5 Å². The van der Waals surface area contributed by atoms with E-state index in [4.69, 9.17) is 15.6 Å². The van der Waals surface area contributed by atoms with E-state index < -0.39 is 22.7 Å². The summed E-state index contributed by atoms with van der Waals surface area (Å²) in [4.78, 5) is 11.1. The Kier molecular flexibility index (Phi) is 4.20. The molecule has 1 aromatic carbocycles. The van der Waals surface area contributed by atoms with Crippen molar-refractivity contribution < 1.29 is 19.0 Å². The summed E-state index contributed by atoms with van der Waals surface area (Å²) in [5.41, 5.74) is 4.29. The van der Waals surface area contributed by atoms with E-state index in [-0.39, 0.29) is 12.0 Å². The molecule has 106 valence electrons. The van der Waals surface area contributed by atoms with E-state index in [1.807, 2.05) is 0 Å². The fraction of sp³-hybridized carbons (Fsp3) is 0.500. The van der Waals surface area contributed by atoms with Gasteiger partial charge in [-0.25, -0.2) is 4.39 Å². The number of benzene rings is 1. The Balaban J connectivity index is 3.54. The third-order valence-corrected chi connectivity index (χ3v) is 3.67. The van der Waals surface area contributed by atoms with Gasteiger partial charge < -0.3 is 15.6 Å². The molecule has 1 aromatic rings. The van der Waals surface area contributed by atoms with E-state index in [0.717, 1.165) is 0 Å².